The van der Waals surface area contributed by atoms with Crippen molar-refractivity contribution in [2.75, 3.05) is 5.32 Å². The van der Waals surface area contributed by atoms with Crippen molar-refractivity contribution in [1.82, 2.24) is 9.55 Å². The Kier molecular flexibility index (Phi) is 3.96. The number of halogens is 1. The largest absolute Gasteiger partial charge is 0.325 e. The first kappa shape index (κ1) is 12.6. The average molecular weight is 265 g/mol. The van der Waals surface area contributed by atoms with E-state index in [9.17, 15) is 4.79 Å². The Bertz CT molecular complexity index is 535. The quantitative estimate of drug-likeness (QED) is 0.882. The number of amides is 1. The molecular formula is C12H13ClN4O. The lowest BCUT2D eigenvalue weighted by atomic mass is 10.3. The molecule has 18 heavy (non-hydrogen) atoms. The van der Waals surface area contributed by atoms with Crippen LogP contribution in [0.3, 0.4) is 0 Å². The van der Waals surface area contributed by atoms with Gasteiger partial charge in [-0.05, 0) is 24.3 Å². The van der Waals surface area contributed by atoms with Crippen molar-refractivity contribution >= 4 is 23.2 Å². The second kappa shape index (κ2) is 5.66. The van der Waals surface area contributed by atoms with Gasteiger partial charge in [0.2, 0.25) is 5.91 Å². The molecule has 0 spiro atoms. The molecule has 0 fully saturated rings. The number of hydrogen-bond acceptors (Lipinski definition) is 3. The summed E-state index contributed by atoms with van der Waals surface area (Å²) in [5, 5.41) is 3.40. The standard InChI is InChI=1S/C12H13ClN4O/c13-9-1-3-10(4-2-9)16-12(18)8-17-6-5-15-11(17)7-14/h1-6H,7-8,14H2,(H,16,18). The molecule has 0 aliphatic rings. The predicted octanol–water partition coefficient (Wildman–Crippen LogP) is 1.63. The Balaban J connectivity index is 1.99. The highest BCUT2D eigenvalue weighted by Crippen LogP contribution is 2.13. The minimum atomic E-state index is -0.134. The Morgan fingerprint density at radius 1 is 1.39 bits per heavy atom. The van der Waals surface area contributed by atoms with Gasteiger partial charge in [-0.15, -0.1) is 0 Å². The Labute approximate surface area is 110 Å². The van der Waals surface area contributed by atoms with Gasteiger partial charge >= 0.3 is 0 Å². The van der Waals surface area contributed by atoms with Crippen molar-refractivity contribution in [3.05, 3.63) is 47.5 Å². The van der Waals surface area contributed by atoms with Gasteiger partial charge in [-0.1, -0.05) is 11.6 Å². The van der Waals surface area contributed by atoms with E-state index >= 15 is 0 Å². The van der Waals surface area contributed by atoms with Crippen molar-refractivity contribution < 1.29 is 4.79 Å². The molecule has 5 nitrogen and oxygen atoms in total. The topological polar surface area (TPSA) is 72.9 Å². The van der Waals surface area contributed by atoms with Crippen LogP contribution in [0.4, 0.5) is 5.69 Å². The minimum Gasteiger partial charge on any atom is -0.325 e. The van der Waals surface area contributed by atoms with E-state index in [2.05, 4.69) is 10.3 Å². The Hall–Kier alpha value is -1.85. The third-order valence-corrected chi connectivity index (χ3v) is 2.68. The van der Waals surface area contributed by atoms with E-state index in [1.54, 1.807) is 41.2 Å². The maximum absolute atomic E-state index is 11.8. The van der Waals surface area contributed by atoms with Crippen LogP contribution in [0.1, 0.15) is 5.82 Å². The number of aromatic nitrogens is 2. The Morgan fingerprint density at radius 2 is 2.11 bits per heavy atom. The molecule has 0 bridgehead atoms. The highest BCUT2D eigenvalue weighted by Gasteiger charge is 2.06. The van der Waals surface area contributed by atoms with Crippen molar-refractivity contribution in [2.45, 2.75) is 13.1 Å². The normalized spacial score (nSPS) is 10.3. The molecule has 2 aromatic rings. The number of nitrogens with two attached hydrogens (primary N) is 1. The molecule has 0 atom stereocenters. The van der Waals surface area contributed by atoms with Crippen molar-refractivity contribution in [3.8, 4) is 0 Å². The number of carbonyl (C=O) groups excluding carboxylic acids is 1. The number of carbonyl (C=O) groups is 1. The molecule has 0 saturated carbocycles. The second-order valence-electron chi connectivity index (χ2n) is 3.73. The lowest BCUT2D eigenvalue weighted by Crippen LogP contribution is -2.20. The van der Waals surface area contributed by atoms with Crippen LogP contribution in [0, 0.1) is 0 Å². The molecule has 1 aromatic carbocycles. The van der Waals surface area contributed by atoms with Gasteiger partial charge in [0.05, 0.1) is 6.54 Å². The van der Waals surface area contributed by atoms with Crippen LogP contribution in [-0.2, 0) is 17.9 Å². The van der Waals surface area contributed by atoms with Gasteiger partial charge in [-0.2, -0.15) is 0 Å². The summed E-state index contributed by atoms with van der Waals surface area (Å²) >= 11 is 5.76. The summed E-state index contributed by atoms with van der Waals surface area (Å²) in [6.45, 7) is 0.496. The van der Waals surface area contributed by atoms with Crippen LogP contribution in [0.15, 0.2) is 36.7 Å². The SMILES string of the molecule is NCc1nccn1CC(=O)Nc1ccc(Cl)cc1. The average Bonchev–Trinajstić information content (AvgIpc) is 2.79. The van der Waals surface area contributed by atoms with E-state index in [-0.39, 0.29) is 12.5 Å². The van der Waals surface area contributed by atoms with Crippen molar-refractivity contribution in [2.24, 2.45) is 5.73 Å². The molecule has 2 rings (SSSR count). The van der Waals surface area contributed by atoms with Crippen LogP contribution in [0.25, 0.3) is 0 Å². The van der Waals surface area contributed by atoms with Crippen LogP contribution < -0.4 is 11.1 Å². The lowest BCUT2D eigenvalue weighted by Gasteiger charge is -2.07. The fourth-order valence-corrected chi connectivity index (χ4v) is 1.69. The smallest absolute Gasteiger partial charge is 0.244 e. The zero-order valence-electron chi connectivity index (χ0n) is 9.64. The molecule has 0 radical (unpaired) electrons. The van der Waals surface area contributed by atoms with Crippen molar-refractivity contribution in [3.63, 3.8) is 0 Å². The predicted molar refractivity (Wildman–Crippen MR) is 70.2 cm³/mol. The molecule has 6 heteroatoms. The molecule has 0 unspecified atom stereocenters. The van der Waals surface area contributed by atoms with Crippen LogP contribution in [0.5, 0.6) is 0 Å². The van der Waals surface area contributed by atoms with E-state index in [1.165, 1.54) is 0 Å². The van der Waals surface area contributed by atoms with Gasteiger partial charge in [-0.25, -0.2) is 4.98 Å². The third-order valence-electron chi connectivity index (χ3n) is 2.43. The molecule has 3 N–H and O–H groups in total. The summed E-state index contributed by atoms with van der Waals surface area (Å²) < 4.78 is 1.71. The van der Waals surface area contributed by atoms with Gasteiger partial charge in [0.1, 0.15) is 12.4 Å². The molecule has 0 aliphatic carbocycles. The third kappa shape index (κ3) is 3.09. The number of nitrogens with zero attached hydrogens (tertiary/aromatic N) is 2. The molecule has 1 amide bonds. The minimum absolute atomic E-state index is 0.134. The maximum atomic E-state index is 11.8. The van der Waals surface area contributed by atoms with E-state index in [0.29, 0.717) is 23.1 Å². The molecule has 94 valence electrons. The fourth-order valence-electron chi connectivity index (χ4n) is 1.56. The zero-order chi connectivity index (χ0) is 13.0. The number of anilines is 1. The molecule has 0 saturated heterocycles. The van der Waals surface area contributed by atoms with Gasteiger partial charge in [0.15, 0.2) is 0 Å². The first-order valence-corrected chi connectivity index (χ1v) is 5.82. The van der Waals surface area contributed by atoms with E-state index < -0.39 is 0 Å². The number of imidazole rings is 1. The molecular weight excluding hydrogens is 252 g/mol. The van der Waals surface area contributed by atoms with Gasteiger partial charge in [0, 0.05) is 23.1 Å². The van der Waals surface area contributed by atoms with Crippen LogP contribution in [-0.4, -0.2) is 15.5 Å². The van der Waals surface area contributed by atoms with Gasteiger partial charge in [0.25, 0.3) is 0 Å². The number of nitrogens with one attached hydrogen (secondary N) is 1. The van der Waals surface area contributed by atoms with Crippen LogP contribution >= 0.6 is 11.6 Å². The molecule has 1 heterocycles. The first-order valence-electron chi connectivity index (χ1n) is 5.44. The lowest BCUT2D eigenvalue weighted by molar-refractivity contribution is -0.116. The van der Waals surface area contributed by atoms with E-state index in [0.717, 1.165) is 0 Å². The monoisotopic (exact) mass is 264 g/mol. The number of rotatable bonds is 4. The van der Waals surface area contributed by atoms with Crippen molar-refractivity contribution in [1.29, 1.82) is 0 Å². The summed E-state index contributed by atoms with van der Waals surface area (Å²) in [5.41, 5.74) is 6.22. The van der Waals surface area contributed by atoms with E-state index in [1.807, 2.05) is 0 Å². The van der Waals surface area contributed by atoms with E-state index in [4.69, 9.17) is 17.3 Å². The summed E-state index contributed by atoms with van der Waals surface area (Å²) in [6, 6.07) is 6.94. The highest BCUT2D eigenvalue weighted by molar-refractivity contribution is 6.30. The second-order valence-corrected chi connectivity index (χ2v) is 4.17. The molecule has 0 aliphatic heterocycles. The molecule has 1 aromatic heterocycles. The van der Waals surface area contributed by atoms with Gasteiger partial charge in [-0.3, -0.25) is 4.79 Å². The first-order chi connectivity index (χ1) is 8.69. The number of hydrogen-bond donors (Lipinski definition) is 2. The highest BCUT2D eigenvalue weighted by atomic mass is 35.5. The summed E-state index contributed by atoms with van der Waals surface area (Å²) in [6.07, 6.45) is 3.35. The summed E-state index contributed by atoms with van der Waals surface area (Å²) in [7, 11) is 0. The Morgan fingerprint density at radius 3 is 2.78 bits per heavy atom. The summed E-state index contributed by atoms with van der Waals surface area (Å²) in [4.78, 5) is 15.8. The fraction of sp³-hybridized carbons (Fsp3) is 0.167. The maximum Gasteiger partial charge on any atom is 0.244 e. The van der Waals surface area contributed by atoms with Gasteiger partial charge < -0.3 is 15.6 Å². The van der Waals surface area contributed by atoms with Crippen LogP contribution in [0.2, 0.25) is 5.02 Å². The summed E-state index contributed by atoms with van der Waals surface area (Å²) in [5.74, 6) is 0.547. The zero-order valence-corrected chi connectivity index (χ0v) is 10.4. The number of benzene rings is 1.